The summed E-state index contributed by atoms with van der Waals surface area (Å²) in [5.41, 5.74) is 1.85. The van der Waals surface area contributed by atoms with Gasteiger partial charge in [0.2, 0.25) is 0 Å². The Kier molecular flexibility index (Phi) is 3.21. The standard InChI is InChI=1S/C15H19N3/c16-9-12-1-3-14(4-2-12)17-10-13-7-8-18(11-13)15-5-6-15/h1-4,13,15,17H,5-8,10-11H2. The lowest BCUT2D eigenvalue weighted by molar-refractivity contribution is 0.316. The molecule has 1 N–H and O–H groups in total. The summed E-state index contributed by atoms with van der Waals surface area (Å²) in [6.45, 7) is 3.59. The molecule has 1 aliphatic heterocycles. The van der Waals surface area contributed by atoms with Crippen LogP contribution in [0.4, 0.5) is 5.69 Å². The zero-order valence-corrected chi connectivity index (χ0v) is 10.6. The van der Waals surface area contributed by atoms with E-state index >= 15 is 0 Å². The summed E-state index contributed by atoms with van der Waals surface area (Å²) in [5.74, 6) is 0.779. The molecule has 0 aromatic heterocycles. The number of likely N-dealkylation sites (tertiary alicyclic amines) is 1. The summed E-state index contributed by atoms with van der Waals surface area (Å²) in [6.07, 6.45) is 4.14. The van der Waals surface area contributed by atoms with Gasteiger partial charge in [0.05, 0.1) is 11.6 Å². The van der Waals surface area contributed by atoms with Gasteiger partial charge >= 0.3 is 0 Å². The lowest BCUT2D eigenvalue weighted by Crippen LogP contribution is -2.24. The van der Waals surface area contributed by atoms with Crippen molar-refractivity contribution in [3.63, 3.8) is 0 Å². The summed E-state index contributed by atoms with van der Waals surface area (Å²) in [4.78, 5) is 2.64. The van der Waals surface area contributed by atoms with Crippen LogP contribution in [-0.2, 0) is 0 Å². The summed E-state index contributed by atoms with van der Waals surface area (Å²) in [5, 5.41) is 12.2. The predicted molar refractivity (Wildman–Crippen MR) is 72.3 cm³/mol. The van der Waals surface area contributed by atoms with E-state index in [4.69, 9.17) is 5.26 Å². The Bertz CT molecular complexity index is 442. The Labute approximate surface area is 108 Å². The monoisotopic (exact) mass is 241 g/mol. The van der Waals surface area contributed by atoms with Crippen molar-refractivity contribution in [2.24, 2.45) is 5.92 Å². The summed E-state index contributed by atoms with van der Waals surface area (Å²) < 4.78 is 0. The number of hydrogen-bond acceptors (Lipinski definition) is 3. The molecule has 1 aliphatic carbocycles. The molecule has 1 heterocycles. The van der Waals surface area contributed by atoms with Crippen molar-refractivity contribution in [3.05, 3.63) is 29.8 Å². The third-order valence-corrected chi connectivity index (χ3v) is 3.99. The summed E-state index contributed by atoms with van der Waals surface area (Å²) in [6, 6.07) is 10.8. The third-order valence-electron chi connectivity index (χ3n) is 3.99. The molecule has 0 spiro atoms. The molecule has 1 atom stereocenters. The molecule has 3 nitrogen and oxygen atoms in total. The summed E-state index contributed by atoms with van der Waals surface area (Å²) >= 11 is 0. The molecule has 1 unspecified atom stereocenters. The third kappa shape index (κ3) is 2.65. The van der Waals surface area contributed by atoms with Crippen LogP contribution >= 0.6 is 0 Å². The van der Waals surface area contributed by atoms with Crippen molar-refractivity contribution in [2.45, 2.75) is 25.3 Å². The van der Waals surface area contributed by atoms with Crippen LogP contribution in [0.25, 0.3) is 0 Å². The van der Waals surface area contributed by atoms with Gasteiger partial charge in [-0.05, 0) is 56.0 Å². The van der Waals surface area contributed by atoms with Crippen molar-refractivity contribution in [3.8, 4) is 6.07 Å². The van der Waals surface area contributed by atoms with Crippen molar-refractivity contribution >= 4 is 5.69 Å². The van der Waals surface area contributed by atoms with Crippen LogP contribution in [0.2, 0.25) is 0 Å². The normalized spacial score (nSPS) is 23.8. The second kappa shape index (κ2) is 4.99. The maximum Gasteiger partial charge on any atom is 0.0991 e. The highest BCUT2D eigenvalue weighted by Gasteiger charge is 2.34. The number of nitrogens with one attached hydrogen (secondary N) is 1. The van der Waals surface area contributed by atoms with Crippen LogP contribution in [-0.4, -0.2) is 30.6 Å². The van der Waals surface area contributed by atoms with E-state index in [1.54, 1.807) is 0 Å². The Balaban J connectivity index is 1.47. The van der Waals surface area contributed by atoms with Crippen LogP contribution in [0.1, 0.15) is 24.8 Å². The van der Waals surface area contributed by atoms with Gasteiger partial charge in [-0.15, -0.1) is 0 Å². The number of benzene rings is 1. The molecular formula is C15H19N3. The lowest BCUT2D eigenvalue weighted by Gasteiger charge is -2.15. The second-order valence-corrected chi connectivity index (χ2v) is 5.45. The molecule has 1 saturated carbocycles. The largest absolute Gasteiger partial charge is 0.385 e. The van der Waals surface area contributed by atoms with Crippen LogP contribution in [0, 0.1) is 17.2 Å². The van der Waals surface area contributed by atoms with Gasteiger partial charge in [-0.1, -0.05) is 0 Å². The highest BCUT2D eigenvalue weighted by molar-refractivity contribution is 5.47. The number of anilines is 1. The van der Waals surface area contributed by atoms with E-state index in [0.29, 0.717) is 0 Å². The van der Waals surface area contributed by atoms with Gasteiger partial charge < -0.3 is 10.2 Å². The first-order valence-corrected chi connectivity index (χ1v) is 6.83. The van der Waals surface area contributed by atoms with E-state index in [1.165, 1.54) is 32.4 Å². The zero-order valence-electron chi connectivity index (χ0n) is 10.6. The topological polar surface area (TPSA) is 39.1 Å². The Morgan fingerprint density at radius 2 is 2.00 bits per heavy atom. The smallest absolute Gasteiger partial charge is 0.0991 e. The minimum Gasteiger partial charge on any atom is -0.385 e. The van der Waals surface area contributed by atoms with Crippen molar-refractivity contribution in [2.75, 3.05) is 25.0 Å². The second-order valence-electron chi connectivity index (χ2n) is 5.45. The van der Waals surface area contributed by atoms with Gasteiger partial charge in [-0.25, -0.2) is 0 Å². The van der Waals surface area contributed by atoms with Gasteiger partial charge in [-0.2, -0.15) is 5.26 Å². The molecule has 2 aliphatic rings. The van der Waals surface area contributed by atoms with E-state index < -0.39 is 0 Å². The molecule has 3 rings (SSSR count). The average molecular weight is 241 g/mol. The maximum absolute atomic E-state index is 8.74. The molecule has 3 heteroatoms. The van der Waals surface area contributed by atoms with Gasteiger partial charge in [0, 0.05) is 24.8 Å². The van der Waals surface area contributed by atoms with E-state index in [0.717, 1.165) is 29.8 Å². The van der Waals surface area contributed by atoms with Crippen LogP contribution < -0.4 is 5.32 Å². The average Bonchev–Trinajstić information content (AvgIpc) is 3.16. The molecule has 1 aromatic carbocycles. The van der Waals surface area contributed by atoms with Gasteiger partial charge in [0.15, 0.2) is 0 Å². The Morgan fingerprint density at radius 1 is 1.22 bits per heavy atom. The molecule has 94 valence electrons. The number of hydrogen-bond donors (Lipinski definition) is 1. The molecule has 0 amide bonds. The van der Waals surface area contributed by atoms with Crippen molar-refractivity contribution < 1.29 is 0 Å². The predicted octanol–water partition coefficient (Wildman–Crippen LogP) is 2.45. The fraction of sp³-hybridized carbons (Fsp3) is 0.533. The minimum absolute atomic E-state index is 0.723. The number of rotatable bonds is 4. The summed E-state index contributed by atoms with van der Waals surface area (Å²) in [7, 11) is 0. The fourth-order valence-corrected chi connectivity index (χ4v) is 2.73. The zero-order chi connectivity index (χ0) is 12.4. The van der Waals surface area contributed by atoms with Crippen molar-refractivity contribution in [1.29, 1.82) is 5.26 Å². The molecule has 0 radical (unpaired) electrons. The van der Waals surface area contributed by atoms with Crippen LogP contribution in [0.15, 0.2) is 24.3 Å². The fourth-order valence-electron chi connectivity index (χ4n) is 2.73. The van der Waals surface area contributed by atoms with E-state index in [9.17, 15) is 0 Å². The highest BCUT2D eigenvalue weighted by Crippen LogP contribution is 2.31. The SMILES string of the molecule is N#Cc1ccc(NCC2CCN(C3CC3)C2)cc1. The quantitative estimate of drug-likeness (QED) is 0.880. The van der Waals surface area contributed by atoms with E-state index in [2.05, 4.69) is 16.3 Å². The number of nitrogens with zero attached hydrogens (tertiary/aromatic N) is 2. The Hall–Kier alpha value is -1.53. The first-order chi connectivity index (χ1) is 8.85. The molecule has 0 bridgehead atoms. The molecule has 1 saturated heterocycles. The van der Waals surface area contributed by atoms with E-state index in [1.807, 2.05) is 24.3 Å². The minimum atomic E-state index is 0.723. The Morgan fingerprint density at radius 3 is 2.67 bits per heavy atom. The van der Waals surface area contributed by atoms with Gasteiger partial charge in [0.1, 0.15) is 0 Å². The first kappa shape index (κ1) is 11.6. The van der Waals surface area contributed by atoms with E-state index in [-0.39, 0.29) is 0 Å². The molecular weight excluding hydrogens is 222 g/mol. The highest BCUT2D eigenvalue weighted by atomic mass is 15.2. The van der Waals surface area contributed by atoms with Crippen molar-refractivity contribution in [1.82, 2.24) is 4.90 Å². The molecule has 1 aromatic rings. The van der Waals surface area contributed by atoms with Crippen LogP contribution in [0.5, 0.6) is 0 Å². The molecule has 2 fully saturated rings. The first-order valence-electron chi connectivity index (χ1n) is 6.83. The maximum atomic E-state index is 8.74. The number of nitriles is 1. The molecule has 18 heavy (non-hydrogen) atoms. The van der Waals surface area contributed by atoms with Gasteiger partial charge in [-0.3, -0.25) is 0 Å². The van der Waals surface area contributed by atoms with Crippen LogP contribution in [0.3, 0.4) is 0 Å². The van der Waals surface area contributed by atoms with Gasteiger partial charge in [0.25, 0.3) is 0 Å². The lowest BCUT2D eigenvalue weighted by atomic mass is 10.1.